The Morgan fingerprint density at radius 1 is 1.27 bits per heavy atom. The van der Waals surface area contributed by atoms with Crippen LogP contribution in [0.4, 0.5) is 0 Å². The number of rotatable bonds is 3. The maximum Gasteiger partial charge on any atom is 0.269 e. The van der Waals surface area contributed by atoms with Crippen LogP contribution in [0.3, 0.4) is 0 Å². The van der Waals surface area contributed by atoms with Gasteiger partial charge in [-0.1, -0.05) is 6.58 Å². The summed E-state index contributed by atoms with van der Waals surface area (Å²) in [6.07, 6.45) is 8.98. The SMILES string of the molecule is C=CN1C(=O)C(=Cc2cccn2C)C(=O)N(CC)C1=S(C)C. The summed E-state index contributed by atoms with van der Waals surface area (Å²) in [6, 6.07) is 3.74. The molecule has 0 aromatic carbocycles. The number of amides is 2. The van der Waals surface area contributed by atoms with Crippen molar-refractivity contribution in [3.05, 3.63) is 42.4 Å². The van der Waals surface area contributed by atoms with Crippen LogP contribution in [0.25, 0.3) is 6.08 Å². The Morgan fingerprint density at radius 3 is 2.41 bits per heavy atom. The average molecular weight is 319 g/mol. The average Bonchev–Trinajstić information content (AvgIpc) is 2.88. The largest absolute Gasteiger partial charge is 0.351 e. The molecular weight excluding hydrogens is 298 g/mol. The summed E-state index contributed by atoms with van der Waals surface area (Å²) in [4.78, 5) is 28.6. The third-order valence-corrected chi connectivity index (χ3v) is 4.65. The lowest BCUT2D eigenvalue weighted by Gasteiger charge is -2.37. The summed E-state index contributed by atoms with van der Waals surface area (Å²) in [7, 11) is 1.64. The van der Waals surface area contributed by atoms with E-state index in [1.165, 1.54) is 11.1 Å². The van der Waals surface area contributed by atoms with Crippen LogP contribution in [0, 0.1) is 0 Å². The third-order valence-electron chi connectivity index (χ3n) is 3.50. The van der Waals surface area contributed by atoms with Crippen molar-refractivity contribution in [1.29, 1.82) is 0 Å². The normalized spacial score (nSPS) is 17.9. The minimum atomic E-state index is -0.318. The van der Waals surface area contributed by atoms with E-state index < -0.39 is 0 Å². The minimum absolute atomic E-state index is 0.165. The molecule has 1 saturated heterocycles. The quantitative estimate of drug-likeness (QED) is 0.485. The van der Waals surface area contributed by atoms with E-state index in [9.17, 15) is 9.59 Å². The van der Waals surface area contributed by atoms with Crippen molar-refractivity contribution in [3.63, 3.8) is 0 Å². The summed E-state index contributed by atoms with van der Waals surface area (Å²) in [6.45, 7) is 6.15. The lowest BCUT2D eigenvalue weighted by molar-refractivity contribution is -0.132. The number of likely N-dealkylation sites (N-methyl/N-ethyl adjacent to an activating group) is 1. The first-order valence-corrected chi connectivity index (χ1v) is 9.02. The van der Waals surface area contributed by atoms with E-state index in [0.717, 1.165) is 5.69 Å². The first-order chi connectivity index (χ1) is 10.4. The molecule has 1 aromatic rings. The van der Waals surface area contributed by atoms with Crippen molar-refractivity contribution in [2.24, 2.45) is 7.05 Å². The number of carbonyl (C=O) groups is 2. The van der Waals surface area contributed by atoms with E-state index >= 15 is 0 Å². The Balaban J connectivity index is 2.59. The molecule has 1 aliphatic rings. The first kappa shape index (κ1) is 16.3. The summed E-state index contributed by atoms with van der Waals surface area (Å²) in [5.74, 6) is -0.565. The number of hydrogen-bond acceptors (Lipinski definition) is 2. The Hall–Kier alpha value is -2.08. The highest BCUT2D eigenvalue weighted by molar-refractivity contribution is 8.14. The van der Waals surface area contributed by atoms with Gasteiger partial charge in [0.25, 0.3) is 11.8 Å². The Morgan fingerprint density at radius 2 is 1.95 bits per heavy atom. The molecule has 6 heteroatoms. The fourth-order valence-corrected chi connectivity index (χ4v) is 3.63. The predicted molar refractivity (Wildman–Crippen MR) is 92.3 cm³/mol. The van der Waals surface area contributed by atoms with Crippen molar-refractivity contribution < 1.29 is 9.59 Å². The summed E-state index contributed by atoms with van der Waals surface area (Å²) in [5.41, 5.74) is 0.977. The molecule has 0 N–H and O–H groups in total. The number of carbonyl (C=O) groups excluding carboxylic acids is 2. The number of hydrogen-bond donors (Lipinski definition) is 0. The molecule has 1 aromatic heterocycles. The highest BCUT2D eigenvalue weighted by Crippen LogP contribution is 2.24. The topological polar surface area (TPSA) is 45.6 Å². The highest BCUT2D eigenvalue weighted by atomic mass is 32.2. The monoisotopic (exact) mass is 319 g/mol. The van der Waals surface area contributed by atoms with E-state index in [0.29, 0.717) is 11.7 Å². The van der Waals surface area contributed by atoms with Gasteiger partial charge in [-0.3, -0.25) is 19.4 Å². The van der Waals surface area contributed by atoms with Gasteiger partial charge in [0.05, 0.1) is 0 Å². The van der Waals surface area contributed by atoms with Gasteiger partial charge in [0.1, 0.15) is 10.7 Å². The van der Waals surface area contributed by atoms with E-state index in [1.54, 1.807) is 11.0 Å². The zero-order valence-corrected chi connectivity index (χ0v) is 14.2. The molecule has 0 unspecified atom stereocenters. The smallest absolute Gasteiger partial charge is 0.269 e. The van der Waals surface area contributed by atoms with E-state index in [-0.39, 0.29) is 27.9 Å². The van der Waals surface area contributed by atoms with Crippen LogP contribution < -0.4 is 0 Å². The standard InChI is InChI=1S/C16H21N3O2S/c1-6-18-14(20)13(11-12-9-8-10-17(12)3)15(21)19(7-2)16(18)22(4)5/h6,8-11H,1,7H2,2-5H3. The molecule has 0 radical (unpaired) electrons. The van der Waals surface area contributed by atoms with Crippen LogP contribution in [-0.2, 0) is 16.6 Å². The lowest BCUT2D eigenvalue weighted by atomic mass is 10.1. The van der Waals surface area contributed by atoms with Gasteiger partial charge in [0.2, 0.25) is 0 Å². The van der Waals surface area contributed by atoms with Gasteiger partial charge in [0, 0.05) is 31.7 Å². The maximum absolute atomic E-state index is 12.7. The van der Waals surface area contributed by atoms with Gasteiger partial charge >= 0.3 is 0 Å². The van der Waals surface area contributed by atoms with Gasteiger partial charge in [-0.2, -0.15) is 10.5 Å². The molecule has 2 heterocycles. The summed E-state index contributed by atoms with van der Waals surface area (Å²) in [5, 5.41) is 0.705. The molecule has 0 saturated carbocycles. The zero-order chi connectivity index (χ0) is 16.4. The molecule has 0 bridgehead atoms. The van der Waals surface area contributed by atoms with Crippen LogP contribution in [-0.4, -0.2) is 50.4 Å². The Labute approximate surface area is 133 Å². The van der Waals surface area contributed by atoms with Gasteiger partial charge in [-0.15, -0.1) is 0 Å². The van der Waals surface area contributed by atoms with Gasteiger partial charge in [-0.05, 0) is 37.6 Å². The van der Waals surface area contributed by atoms with Gasteiger partial charge in [-0.25, -0.2) is 0 Å². The van der Waals surface area contributed by atoms with Crippen molar-refractivity contribution in [2.75, 3.05) is 19.1 Å². The molecule has 1 fully saturated rings. The molecule has 0 aliphatic carbocycles. The van der Waals surface area contributed by atoms with Crippen LogP contribution in [0.2, 0.25) is 0 Å². The predicted octanol–water partition coefficient (Wildman–Crippen LogP) is 1.86. The fourth-order valence-electron chi connectivity index (χ4n) is 2.42. The van der Waals surface area contributed by atoms with Crippen molar-refractivity contribution in [2.45, 2.75) is 6.92 Å². The molecule has 2 amide bonds. The van der Waals surface area contributed by atoms with Crippen molar-refractivity contribution >= 4 is 33.5 Å². The minimum Gasteiger partial charge on any atom is -0.351 e. The number of aryl methyl sites for hydroxylation is 1. The van der Waals surface area contributed by atoms with Crippen LogP contribution >= 0.6 is 10.5 Å². The van der Waals surface area contributed by atoms with Crippen LogP contribution in [0.5, 0.6) is 0 Å². The van der Waals surface area contributed by atoms with Crippen LogP contribution in [0.1, 0.15) is 12.6 Å². The molecule has 1 aliphatic heterocycles. The second kappa shape index (κ2) is 6.36. The number of nitrogens with zero attached hydrogens (tertiary/aromatic N) is 3. The van der Waals surface area contributed by atoms with Crippen LogP contribution in [0.15, 0.2) is 36.7 Å². The molecule has 118 valence electrons. The first-order valence-electron chi connectivity index (χ1n) is 6.97. The van der Waals surface area contributed by atoms with Crippen molar-refractivity contribution in [3.8, 4) is 0 Å². The molecule has 0 atom stereocenters. The van der Waals surface area contributed by atoms with E-state index in [2.05, 4.69) is 6.58 Å². The summed E-state index contributed by atoms with van der Waals surface area (Å²) >= 11 is 0. The molecule has 5 nitrogen and oxygen atoms in total. The highest BCUT2D eigenvalue weighted by Gasteiger charge is 2.38. The molecule has 0 spiro atoms. The maximum atomic E-state index is 12.7. The molecule has 2 rings (SSSR count). The second-order valence-electron chi connectivity index (χ2n) is 5.11. The lowest BCUT2D eigenvalue weighted by Crippen LogP contribution is -2.54. The second-order valence-corrected chi connectivity index (χ2v) is 7.11. The molecular formula is C16H21N3O2S. The van der Waals surface area contributed by atoms with E-state index in [1.807, 2.05) is 49.4 Å². The van der Waals surface area contributed by atoms with Crippen molar-refractivity contribution in [1.82, 2.24) is 14.4 Å². The Kier molecular flexibility index (Phi) is 4.71. The molecule has 22 heavy (non-hydrogen) atoms. The summed E-state index contributed by atoms with van der Waals surface area (Å²) < 4.78 is 1.87. The fraction of sp³-hybridized carbons (Fsp3) is 0.312. The zero-order valence-electron chi connectivity index (χ0n) is 13.4. The third kappa shape index (κ3) is 2.66. The van der Waals surface area contributed by atoms with E-state index in [4.69, 9.17) is 0 Å². The number of aromatic nitrogens is 1. The Bertz CT molecular complexity index is 696. The van der Waals surface area contributed by atoms with Gasteiger partial charge in [0.15, 0.2) is 0 Å². The van der Waals surface area contributed by atoms with Gasteiger partial charge < -0.3 is 4.57 Å².